The second-order valence-corrected chi connectivity index (χ2v) is 14.9. The minimum atomic E-state index is 0.00821. The zero-order chi connectivity index (χ0) is 35.5. The lowest BCUT2D eigenvalue weighted by Crippen LogP contribution is -2.17. The van der Waals surface area contributed by atoms with E-state index >= 15 is 0 Å². The predicted molar refractivity (Wildman–Crippen MR) is 222 cm³/mol. The van der Waals surface area contributed by atoms with Crippen LogP contribution in [0.4, 0.5) is 17.1 Å². The molecule has 2 aliphatic carbocycles. The van der Waals surface area contributed by atoms with Crippen LogP contribution in [0.1, 0.15) is 42.9 Å². The van der Waals surface area contributed by atoms with Gasteiger partial charge in [-0.05, 0) is 99.0 Å². The third kappa shape index (κ3) is 5.17. The summed E-state index contributed by atoms with van der Waals surface area (Å²) in [7, 11) is 0. The summed E-state index contributed by atoms with van der Waals surface area (Å²) >= 11 is 0. The van der Waals surface area contributed by atoms with Crippen LogP contribution in [0, 0.1) is 0 Å². The molecule has 2 aliphatic rings. The van der Waals surface area contributed by atoms with Gasteiger partial charge in [0.2, 0.25) is 0 Å². The van der Waals surface area contributed by atoms with Crippen molar-refractivity contribution in [2.24, 2.45) is 0 Å². The summed E-state index contributed by atoms with van der Waals surface area (Å²) in [5.74, 6) is 0.240. The lowest BCUT2D eigenvalue weighted by atomic mass is 9.77. The highest BCUT2D eigenvalue weighted by Crippen LogP contribution is 2.53. The predicted octanol–water partition coefficient (Wildman–Crippen LogP) is 14.2. The molecule has 0 saturated carbocycles. The Bertz CT molecular complexity index is 2710. The monoisotopic (exact) mass is 681 g/mol. The van der Waals surface area contributed by atoms with Gasteiger partial charge in [0, 0.05) is 39.2 Å². The Morgan fingerprint density at radius 2 is 1.17 bits per heavy atom. The normalized spacial score (nSPS) is 15.8. The van der Waals surface area contributed by atoms with E-state index in [0.29, 0.717) is 0 Å². The lowest BCUT2D eigenvalue weighted by molar-refractivity contribution is 0.649. The largest absolute Gasteiger partial charge is 0.456 e. The van der Waals surface area contributed by atoms with Crippen LogP contribution in [0.3, 0.4) is 0 Å². The maximum atomic E-state index is 6.24. The number of fused-ring (bicyclic) bond motifs is 5. The first-order valence-electron chi connectivity index (χ1n) is 18.6. The van der Waals surface area contributed by atoms with Crippen LogP contribution in [-0.4, -0.2) is 0 Å². The molecule has 1 unspecified atom stereocenters. The number of rotatable bonds is 6. The van der Waals surface area contributed by atoms with E-state index in [-0.39, 0.29) is 11.3 Å². The number of furan rings is 1. The van der Waals surface area contributed by atoms with Gasteiger partial charge in [0.25, 0.3) is 0 Å². The van der Waals surface area contributed by atoms with Crippen LogP contribution in [0.2, 0.25) is 0 Å². The molecule has 2 nitrogen and oxygen atoms in total. The Morgan fingerprint density at radius 3 is 1.98 bits per heavy atom. The molecule has 0 saturated heterocycles. The molecule has 8 aromatic rings. The number of hydrogen-bond donors (Lipinski definition) is 0. The number of para-hydroxylation sites is 2. The van der Waals surface area contributed by atoms with E-state index in [1.165, 1.54) is 50.2 Å². The first kappa shape index (κ1) is 31.4. The Hall–Kier alpha value is -6.38. The zero-order valence-corrected chi connectivity index (χ0v) is 30.0. The first-order chi connectivity index (χ1) is 26.0. The van der Waals surface area contributed by atoms with Gasteiger partial charge in [0.15, 0.2) is 0 Å². The Kier molecular flexibility index (Phi) is 7.33. The van der Waals surface area contributed by atoms with Gasteiger partial charge < -0.3 is 9.32 Å². The zero-order valence-electron chi connectivity index (χ0n) is 30.0. The molecule has 254 valence electrons. The van der Waals surface area contributed by atoms with E-state index in [0.717, 1.165) is 45.3 Å². The van der Waals surface area contributed by atoms with Gasteiger partial charge in [0.05, 0.1) is 0 Å². The molecule has 0 bridgehead atoms. The molecule has 10 rings (SSSR count). The molecule has 0 fully saturated rings. The lowest BCUT2D eigenvalue weighted by Gasteiger charge is -2.31. The van der Waals surface area contributed by atoms with Crippen molar-refractivity contribution >= 4 is 44.6 Å². The number of nitrogens with zero attached hydrogens (tertiary/aromatic N) is 1. The summed E-state index contributed by atoms with van der Waals surface area (Å²) in [6.07, 6.45) is 5.83. The summed E-state index contributed by atoms with van der Waals surface area (Å²) < 4.78 is 6.24. The van der Waals surface area contributed by atoms with Crippen molar-refractivity contribution in [2.75, 3.05) is 4.90 Å². The number of allylic oxidation sites excluding steroid dienone is 4. The van der Waals surface area contributed by atoms with Gasteiger partial charge in [0.1, 0.15) is 11.2 Å². The molecule has 0 radical (unpaired) electrons. The van der Waals surface area contributed by atoms with E-state index in [4.69, 9.17) is 4.42 Å². The van der Waals surface area contributed by atoms with E-state index < -0.39 is 0 Å². The molecule has 1 heterocycles. The van der Waals surface area contributed by atoms with Crippen LogP contribution in [0.5, 0.6) is 0 Å². The van der Waals surface area contributed by atoms with E-state index in [1.807, 2.05) is 12.1 Å². The van der Waals surface area contributed by atoms with Gasteiger partial charge in [-0.3, -0.25) is 0 Å². The van der Waals surface area contributed by atoms with E-state index in [1.54, 1.807) is 0 Å². The molecular weight excluding hydrogens is 643 g/mol. The molecule has 0 N–H and O–H groups in total. The SMILES string of the molecule is CC1(C)C2=C(CC(c3ccccc3N(c3ccc(-c4ccccc4)cc3)c3ccc(-c4cccc5oc6ccccc6c45)cc3)C=C2)c2ccccc21. The van der Waals surface area contributed by atoms with E-state index in [9.17, 15) is 0 Å². The summed E-state index contributed by atoms with van der Waals surface area (Å²) in [5, 5.41) is 2.30. The van der Waals surface area contributed by atoms with Crippen molar-refractivity contribution in [3.63, 3.8) is 0 Å². The van der Waals surface area contributed by atoms with Crippen molar-refractivity contribution in [3.05, 3.63) is 204 Å². The fraction of sp³-hybridized carbons (Fsp3) is 0.0980. The Morgan fingerprint density at radius 1 is 0.547 bits per heavy atom. The van der Waals surface area contributed by atoms with Crippen LogP contribution in [-0.2, 0) is 5.41 Å². The molecule has 0 amide bonds. The van der Waals surface area contributed by atoms with Crippen molar-refractivity contribution in [1.29, 1.82) is 0 Å². The molecule has 2 heteroatoms. The van der Waals surface area contributed by atoms with Crippen molar-refractivity contribution in [2.45, 2.75) is 31.6 Å². The average Bonchev–Trinajstić information content (AvgIpc) is 3.71. The smallest absolute Gasteiger partial charge is 0.136 e. The van der Waals surface area contributed by atoms with Crippen LogP contribution in [0.15, 0.2) is 192 Å². The second kappa shape index (κ2) is 12.4. The van der Waals surface area contributed by atoms with Gasteiger partial charge in [-0.1, -0.05) is 153 Å². The fourth-order valence-corrected chi connectivity index (χ4v) is 8.87. The highest BCUT2D eigenvalue weighted by molar-refractivity contribution is 6.12. The minimum absolute atomic E-state index is 0.00821. The third-order valence-corrected chi connectivity index (χ3v) is 11.5. The van der Waals surface area contributed by atoms with Crippen molar-refractivity contribution < 1.29 is 4.42 Å². The first-order valence-corrected chi connectivity index (χ1v) is 18.6. The molecule has 0 aliphatic heterocycles. The van der Waals surface area contributed by atoms with Crippen LogP contribution < -0.4 is 4.90 Å². The molecule has 0 spiro atoms. The molecule has 1 aromatic heterocycles. The molecule has 53 heavy (non-hydrogen) atoms. The third-order valence-electron chi connectivity index (χ3n) is 11.5. The molecule has 7 aromatic carbocycles. The number of anilines is 3. The van der Waals surface area contributed by atoms with Crippen molar-refractivity contribution in [3.8, 4) is 22.3 Å². The van der Waals surface area contributed by atoms with E-state index in [2.05, 4.69) is 189 Å². The van der Waals surface area contributed by atoms with Crippen LogP contribution >= 0.6 is 0 Å². The standard InChI is InChI=1S/C51H39NO/c1-51(2)45-19-9-6-16-42(45)44-33-37(27-32-46(44)51)40-15-7-10-20-47(40)52(38-28-23-35(24-29-38)34-13-4-3-5-14-34)39-30-25-36(26-31-39)41-18-12-22-49-50(41)43-17-8-11-21-48(43)53-49/h3-32,37H,33H2,1-2H3. The number of hydrogen-bond acceptors (Lipinski definition) is 2. The van der Waals surface area contributed by atoms with Gasteiger partial charge in [-0.25, -0.2) is 0 Å². The minimum Gasteiger partial charge on any atom is -0.456 e. The Labute approximate surface area is 311 Å². The van der Waals surface area contributed by atoms with Gasteiger partial charge >= 0.3 is 0 Å². The van der Waals surface area contributed by atoms with Gasteiger partial charge in [-0.2, -0.15) is 0 Å². The van der Waals surface area contributed by atoms with Gasteiger partial charge in [-0.15, -0.1) is 0 Å². The Balaban J connectivity index is 1.08. The van der Waals surface area contributed by atoms with Crippen molar-refractivity contribution in [1.82, 2.24) is 0 Å². The summed E-state index contributed by atoms with van der Waals surface area (Å²) in [6.45, 7) is 4.74. The highest BCUT2D eigenvalue weighted by Gasteiger charge is 2.38. The highest BCUT2D eigenvalue weighted by atomic mass is 16.3. The summed E-state index contributed by atoms with van der Waals surface area (Å²) in [4.78, 5) is 2.44. The topological polar surface area (TPSA) is 16.4 Å². The molecule has 1 atom stereocenters. The fourth-order valence-electron chi connectivity index (χ4n) is 8.87. The number of benzene rings is 7. The van der Waals surface area contributed by atoms with Crippen LogP contribution in [0.25, 0.3) is 49.8 Å². The summed E-state index contributed by atoms with van der Waals surface area (Å²) in [5.41, 5.74) is 17.1. The quantitative estimate of drug-likeness (QED) is 0.174. The average molecular weight is 682 g/mol. The maximum Gasteiger partial charge on any atom is 0.136 e. The maximum absolute atomic E-state index is 6.24. The second-order valence-electron chi connectivity index (χ2n) is 14.9. The summed E-state index contributed by atoms with van der Waals surface area (Å²) in [6, 6.07) is 61.3. The molecular formula is C51H39NO.